The van der Waals surface area contributed by atoms with E-state index in [9.17, 15) is 14.7 Å². The molecule has 1 aliphatic heterocycles. The number of hydrogen-bond acceptors (Lipinski definition) is 4. The Hall–Kier alpha value is -1.92. The maximum absolute atomic E-state index is 12.4. The summed E-state index contributed by atoms with van der Waals surface area (Å²) in [7, 11) is 1.46. The second kappa shape index (κ2) is 7.19. The van der Waals surface area contributed by atoms with Gasteiger partial charge in [-0.3, -0.25) is 15.0 Å². The highest BCUT2D eigenvalue weighted by atomic mass is 16.3. The van der Waals surface area contributed by atoms with Crippen LogP contribution in [0.15, 0.2) is 30.3 Å². The molecule has 0 radical (unpaired) electrons. The summed E-state index contributed by atoms with van der Waals surface area (Å²) in [5.74, 6) is -0.380. The van der Waals surface area contributed by atoms with Crippen LogP contribution in [-0.4, -0.2) is 48.2 Å². The summed E-state index contributed by atoms with van der Waals surface area (Å²) in [4.78, 5) is 25.7. The minimum Gasteiger partial charge on any atom is -0.392 e. The Kier molecular flexibility index (Phi) is 5.30. The van der Waals surface area contributed by atoms with Crippen LogP contribution in [0.1, 0.15) is 24.4 Å². The number of imide groups is 1. The molecule has 1 aromatic rings. The fraction of sp³-hybridized carbons (Fsp3) is 0.467. The average molecular weight is 291 g/mol. The van der Waals surface area contributed by atoms with E-state index in [1.165, 1.54) is 7.05 Å². The Morgan fingerprint density at radius 3 is 2.67 bits per heavy atom. The Morgan fingerprint density at radius 2 is 2.05 bits per heavy atom. The van der Waals surface area contributed by atoms with Crippen molar-refractivity contribution in [3.05, 3.63) is 35.9 Å². The molecule has 0 saturated carbocycles. The lowest BCUT2D eigenvalue weighted by atomic mass is 10.00. The Balaban J connectivity index is 2.22. The van der Waals surface area contributed by atoms with Crippen LogP contribution in [0.3, 0.4) is 0 Å². The SMILES string of the molecule is CNC(=O)NC(=O)C(c1ccccc1)N1CCCC(O)C1. The standard InChI is InChI=1S/C15H21N3O3/c1-16-15(21)17-14(20)13(11-6-3-2-4-7-11)18-9-5-8-12(19)10-18/h2-4,6-7,12-13,19H,5,8-10H2,1H3,(H2,16,17,20,21). The van der Waals surface area contributed by atoms with Gasteiger partial charge in [0.2, 0.25) is 5.91 Å². The van der Waals surface area contributed by atoms with Crippen molar-refractivity contribution in [1.29, 1.82) is 0 Å². The van der Waals surface area contributed by atoms with E-state index in [1.807, 2.05) is 35.2 Å². The number of carbonyl (C=O) groups excluding carboxylic acids is 2. The van der Waals surface area contributed by atoms with Gasteiger partial charge in [-0.05, 0) is 24.9 Å². The van der Waals surface area contributed by atoms with E-state index < -0.39 is 18.2 Å². The summed E-state index contributed by atoms with van der Waals surface area (Å²) >= 11 is 0. The molecule has 1 aromatic carbocycles. The number of aliphatic hydroxyl groups excluding tert-OH is 1. The highest BCUT2D eigenvalue weighted by Crippen LogP contribution is 2.25. The van der Waals surface area contributed by atoms with Crippen molar-refractivity contribution < 1.29 is 14.7 Å². The number of benzene rings is 1. The Labute approximate surface area is 124 Å². The molecule has 0 aromatic heterocycles. The maximum atomic E-state index is 12.4. The maximum Gasteiger partial charge on any atom is 0.321 e. The first-order valence-corrected chi connectivity index (χ1v) is 7.11. The molecule has 1 fully saturated rings. The lowest BCUT2D eigenvalue weighted by Gasteiger charge is -2.35. The van der Waals surface area contributed by atoms with E-state index in [-0.39, 0.29) is 5.91 Å². The van der Waals surface area contributed by atoms with Gasteiger partial charge in [0.15, 0.2) is 0 Å². The minimum atomic E-state index is -0.571. The monoisotopic (exact) mass is 291 g/mol. The number of rotatable bonds is 3. The predicted molar refractivity (Wildman–Crippen MR) is 78.6 cm³/mol. The first kappa shape index (κ1) is 15.5. The number of carbonyl (C=O) groups is 2. The molecule has 6 nitrogen and oxygen atoms in total. The molecule has 21 heavy (non-hydrogen) atoms. The number of likely N-dealkylation sites (tertiary alicyclic amines) is 1. The van der Waals surface area contributed by atoms with Crippen LogP contribution in [0.2, 0.25) is 0 Å². The predicted octanol–water partition coefficient (Wildman–Crippen LogP) is 0.640. The van der Waals surface area contributed by atoms with Crippen molar-refractivity contribution >= 4 is 11.9 Å². The fourth-order valence-corrected chi connectivity index (χ4v) is 2.62. The number of nitrogens with zero attached hydrogens (tertiary/aromatic N) is 1. The molecule has 3 N–H and O–H groups in total. The van der Waals surface area contributed by atoms with Crippen LogP contribution >= 0.6 is 0 Å². The smallest absolute Gasteiger partial charge is 0.321 e. The van der Waals surface area contributed by atoms with Gasteiger partial charge < -0.3 is 10.4 Å². The molecule has 2 atom stereocenters. The van der Waals surface area contributed by atoms with Gasteiger partial charge in [0, 0.05) is 13.6 Å². The quantitative estimate of drug-likeness (QED) is 0.763. The highest BCUT2D eigenvalue weighted by Gasteiger charge is 2.31. The van der Waals surface area contributed by atoms with E-state index in [4.69, 9.17) is 0 Å². The van der Waals surface area contributed by atoms with E-state index >= 15 is 0 Å². The first-order chi connectivity index (χ1) is 10.1. The number of urea groups is 1. The second-order valence-corrected chi connectivity index (χ2v) is 5.17. The van der Waals surface area contributed by atoms with Gasteiger partial charge in [0.1, 0.15) is 6.04 Å². The van der Waals surface area contributed by atoms with Crippen LogP contribution in [0.5, 0.6) is 0 Å². The number of nitrogens with one attached hydrogen (secondary N) is 2. The molecule has 3 amide bonds. The summed E-state index contributed by atoms with van der Waals surface area (Å²) in [5.41, 5.74) is 0.813. The molecule has 1 heterocycles. The van der Waals surface area contributed by atoms with Crippen molar-refractivity contribution in [3.63, 3.8) is 0 Å². The Bertz CT molecular complexity index is 492. The van der Waals surface area contributed by atoms with E-state index in [1.54, 1.807) is 0 Å². The molecular weight excluding hydrogens is 270 g/mol. The van der Waals surface area contributed by atoms with Gasteiger partial charge >= 0.3 is 6.03 Å². The molecule has 1 aliphatic rings. The summed E-state index contributed by atoms with van der Waals surface area (Å²) in [5, 5.41) is 14.5. The first-order valence-electron chi connectivity index (χ1n) is 7.11. The number of hydrogen-bond donors (Lipinski definition) is 3. The van der Waals surface area contributed by atoms with Gasteiger partial charge in [-0.1, -0.05) is 30.3 Å². The van der Waals surface area contributed by atoms with Crippen LogP contribution in [-0.2, 0) is 4.79 Å². The zero-order chi connectivity index (χ0) is 15.2. The topological polar surface area (TPSA) is 81.7 Å². The van der Waals surface area contributed by atoms with Crippen LogP contribution < -0.4 is 10.6 Å². The minimum absolute atomic E-state index is 0.380. The lowest BCUT2D eigenvalue weighted by molar-refractivity contribution is -0.126. The summed E-state index contributed by atoms with van der Waals surface area (Å²) in [6.45, 7) is 1.15. The summed E-state index contributed by atoms with van der Waals surface area (Å²) < 4.78 is 0. The highest BCUT2D eigenvalue weighted by molar-refractivity contribution is 5.97. The van der Waals surface area contributed by atoms with E-state index in [0.29, 0.717) is 6.54 Å². The third kappa shape index (κ3) is 4.03. The largest absolute Gasteiger partial charge is 0.392 e. The molecule has 0 aliphatic carbocycles. The average Bonchev–Trinajstić information content (AvgIpc) is 2.48. The van der Waals surface area contributed by atoms with Crippen LogP contribution in [0, 0.1) is 0 Å². The van der Waals surface area contributed by atoms with Crippen LogP contribution in [0.25, 0.3) is 0 Å². The number of piperidine rings is 1. The van der Waals surface area contributed by atoms with Gasteiger partial charge in [0.25, 0.3) is 0 Å². The normalized spacial score (nSPS) is 20.6. The molecule has 0 bridgehead atoms. The summed E-state index contributed by atoms with van der Waals surface area (Å²) in [6.07, 6.45) is 1.14. The lowest BCUT2D eigenvalue weighted by Crippen LogP contribution is -2.49. The number of amides is 3. The van der Waals surface area contributed by atoms with Crippen molar-refractivity contribution in [2.45, 2.75) is 25.0 Å². The number of β-amino-alcohol motifs (C(OH)–C–C–N with tert-alkyl or cyclic N) is 1. The van der Waals surface area contributed by atoms with Gasteiger partial charge in [-0.2, -0.15) is 0 Å². The van der Waals surface area contributed by atoms with Gasteiger partial charge in [-0.25, -0.2) is 4.79 Å². The fourth-order valence-electron chi connectivity index (χ4n) is 2.62. The van der Waals surface area contributed by atoms with Gasteiger partial charge in [-0.15, -0.1) is 0 Å². The Morgan fingerprint density at radius 1 is 1.33 bits per heavy atom. The zero-order valence-electron chi connectivity index (χ0n) is 12.1. The van der Waals surface area contributed by atoms with Crippen molar-refractivity contribution in [3.8, 4) is 0 Å². The molecule has 6 heteroatoms. The second-order valence-electron chi connectivity index (χ2n) is 5.17. The molecule has 2 unspecified atom stereocenters. The zero-order valence-corrected chi connectivity index (χ0v) is 12.1. The number of aliphatic hydroxyl groups is 1. The molecule has 2 rings (SSSR count). The molecular formula is C15H21N3O3. The van der Waals surface area contributed by atoms with Gasteiger partial charge in [0.05, 0.1) is 6.10 Å². The van der Waals surface area contributed by atoms with Crippen molar-refractivity contribution in [2.75, 3.05) is 20.1 Å². The van der Waals surface area contributed by atoms with Crippen molar-refractivity contribution in [1.82, 2.24) is 15.5 Å². The van der Waals surface area contributed by atoms with E-state index in [2.05, 4.69) is 10.6 Å². The molecule has 1 saturated heterocycles. The van der Waals surface area contributed by atoms with Crippen molar-refractivity contribution in [2.24, 2.45) is 0 Å². The molecule has 114 valence electrons. The van der Waals surface area contributed by atoms with Crippen LogP contribution in [0.4, 0.5) is 4.79 Å². The third-order valence-corrected chi connectivity index (χ3v) is 3.62. The third-order valence-electron chi connectivity index (χ3n) is 3.62. The molecule has 0 spiro atoms. The summed E-state index contributed by atoms with van der Waals surface area (Å²) in [6, 6.07) is 8.20. The van der Waals surface area contributed by atoms with E-state index in [0.717, 1.165) is 24.9 Å².